The lowest BCUT2D eigenvalue weighted by molar-refractivity contribution is -0.123. The highest BCUT2D eigenvalue weighted by Crippen LogP contribution is 2.24. The second kappa shape index (κ2) is 12.9. The van der Waals surface area contributed by atoms with Gasteiger partial charge in [-0.15, -0.1) is 24.0 Å². The number of aliphatic imine (C=N–C) groups is 1. The van der Waals surface area contributed by atoms with Crippen LogP contribution in [0.5, 0.6) is 0 Å². The molecule has 1 atom stereocenters. The van der Waals surface area contributed by atoms with Crippen molar-refractivity contribution in [2.45, 2.75) is 46.6 Å². The number of hydrogen-bond acceptors (Lipinski definition) is 3. The SMILES string of the molecule is CCNC(=NCCNC(=O)C(C)C)NC1CCCN(c2ccc(F)cc2C)C1.I. The molecule has 0 bridgehead atoms. The molecule has 2 rings (SSSR count). The highest BCUT2D eigenvalue weighted by Gasteiger charge is 2.22. The molecule has 8 heteroatoms. The number of piperidine rings is 1. The minimum Gasteiger partial charge on any atom is -0.369 e. The molecule has 164 valence electrons. The Hall–Kier alpha value is -1.58. The van der Waals surface area contributed by atoms with Crippen LogP contribution in [0.4, 0.5) is 10.1 Å². The second-order valence-electron chi connectivity index (χ2n) is 7.57. The monoisotopic (exact) mass is 519 g/mol. The van der Waals surface area contributed by atoms with Gasteiger partial charge in [0.15, 0.2) is 5.96 Å². The van der Waals surface area contributed by atoms with Crippen molar-refractivity contribution in [1.29, 1.82) is 0 Å². The van der Waals surface area contributed by atoms with Gasteiger partial charge in [0.25, 0.3) is 0 Å². The first-order chi connectivity index (χ1) is 13.4. The fraction of sp³-hybridized carbons (Fsp3) is 0.619. The quantitative estimate of drug-likeness (QED) is 0.224. The molecule has 1 heterocycles. The van der Waals surface area contributed by atoms with Gasteiger partial charge in [-0.05, 0) is 50.5 Å². The minimum atomic E-state index is -0.195. The van der Waals surface area contributed by atoms with Gasteiger partial charge in [-0.25, -0.2) is 4.39 Å². The van der Waals surface area contributed by atoms with Gasteiger partial charge >= 0.3 is 0 Å². The van der Waals surface area contributed by atoms with Crippen molar-refractivity contribution in [3.8, 4) is 0 Å². The van der Waals surface area contributed by atoms with Crippen molar-refractivity contribution >= 4 is 41.5 Å². The zero-order valence-electron chi connectivity index (χ0n) is 17.9. The predicted octanol–water partition coefficient (Wildman–Crippen LogP) is 3.05. The Kier molecular flexibility index (Phi) is 11.3. The molecule has 0 saturated carbocycles. The van der Waals surface area contributed by atoms with Gasteiger partial charge < -0.3 is 20.9 Å². The van der Waals surface area contributed by atoms with Crippen molar-refractivity contribution < 1.29 is 9.18 Å². The van der Waals surface area contributed by atoms with E-state index in [4.69, 9.17) is 0 Å². The zero-order valence-corrected chi connectivity index (χ0v) is 20.3. The molecule has 29 heavy (non-hydrogen) atoms. The van der Waals surface area contributed by atoms with Gasteiger partial charge in [-0.2, -0.15) is 0 Å². The molecule has 6 nitrogen and oxygen atoms in total. The molecule has 1 unspecified atom stereocenters. The summed E-state index contributed by atoms with van der Waals surface area (Å²) in [6.45, 7) is 11.4. The Labute approximate surface area is 191 Å². The van der Waals surface area contributed by atoms with Crippen LogP contribution in [-0.4, -0.2) is 50.6 Å². The third-order valence-electron chi connectivity index (χ3n) is 4.81. The maximum absolute atomic E-state index is 13.4. The smallest absolute Gasteiger partial charge is 0.222 e. The van der Waals surface area contributed by atoms with Crippen molar-refractivity contribution in [1.82, 2.24) is 16.0 Å². The topological polar surface area (TPSA) is 68.8 Å². The van der Waals surface area contributed by atoms with E-state index in [0.29, 0.717) is 13.1 Å². The van der Waals surface area contributed by atoms with E-state index in [2.05, 4.69) is 25.8 Å². The molecule has 1 aliphatic heterocycles. The molecule has 1 aromatic rings. The maximum Gasteiger partial charge on any atom is 0.222 e. The number of rotatable bonds is 7. The van der Waals surface area contributed by atoms with Crippen molar-refractivity contribution in [2.24, 2.45) is 10.9 Å². The summed E-state index contributed by atoms with van der Waals surface area (Å²) in [5.41, 5.74) is 2.05. The normalized spacial score (nSPS) is 17.0. The predicted molar refractivity (Wildman–Crippen MR) is 129 cm³/mol. The van der Waals surface area contributed by atoms with Crippen molar-refractivity contribution in [3.05, 3.63) is 29.6 Å². The van der Waals surface area contributed by atoms with E-state index in [-0.39, 0.29) is 47.7 Å². The highest BCUT2D eigenvalue weighted by atomic mass is 127. The Bertz CT molecular complexity index is 683. The molecule has 1 amide bonds. The number of halogens is 2. The first-order valence-electron chi connectivity index (χ1n) is 10.2. The van der Waals surface area contributed by atoms with E-state index >= 15 is 0 Å². The van der Waals surface area contributed by atoms with Gasteiger partial charge in [0.05, 0.1) is 6.54 Å². The molecule has 1 fully saturated rings. The van der Waals surface area contributed by atoms with Gasteiger partial charge in [0, 0.05) is 43.8 Å². The number of nitrogens with zero attached hydrogens (tertiary/aromatic N) is 2. The highest BCUT2D eigenvalue weighted by molar-refractivity contribution is 14.0. The van der Waals surface area contributed by atoms with Crippen LogP contribution in [0.25, 0.3) is 0 Å². The molecule has 1 aliphatic rings. The summed E-state index contributed by atoms with van der Waals surface area (Å²) in [6, 6.07) is 5.24. The van der Waals surface area contributed by atoms with E-state index in [1.54, 1.807) is 6.07 Å². The second-order valence-corrected chi connectivity index (χ2v) is 7.57. The van der Waals surface area contributed by atoms with E-state index in [1.165, 1.54) is 6.07 Å². The summed E-state index contributed by atoms with van der Waals surface area (Å²) in [5, 5.41) is 9.66. The summed E-state index contributed by atoms with van der Waals surface area (Å²) in [5.74, 6) is 0.604. The van der Waals surface area contributed by atoms with Gasteiger partial charge in [0.2, 0.25) is 5.91 Å². The van der Waals surface area contributed by atoms with Crippen LogP contribution in [0, 0.1) is 18.7 Å². The maximum atomic E-state index is 13.4. The summed E-state index contributed by atoms with van der Waals surface area (Å²) in [7, 11) is 0. The van der Waals surface area contributed by atoms with E-state index < -0.39 is 0 Å². The van der Waals surface area contributed by atoms with Gasteiger partial charge in [0.1, 0.15) is 5.82 Å². The lowest BCUT2D eigenvalue weighted by atomic mass is 10.0. The number of guanidine groups is 1. The Morgan fingerprint density at radius 1 is 1.34 bits per heavy atom. The lowest BCUT2D eigenvalue weighted by Crippen LogP contribution is -2.51. The number of carbonyl (C=O) groups excluding carboxylic acids is 1. The Morgan fingerprint density at radius 3 is 2.76 bits per heavy atom. The molecule has 1 saturated heterocycles. The average Bonchev–Trinajstić information content (AvgIpc) is 2.65. The zero-order chi connectivity index (χ0) is 20.5. The third kappa shape index (κ3) is 8.36. The minimum absolute atomic E-state index is 0. The standard InChI is InChI=1S/C21H34FN5O.HI/c1-5-23-21(25-11-10-24-20(28)15(2)3)26-18-7-6-12-27(14-18)19-9-8-17(22)13-16(19)4;/h8-9,13,15,18H,5-7,10-12,14H2,1-4H3,(H,24,28)(H2,23,25,26);1H. The van der Waals surface area contributed by atoms with E-state index in [1.807, 2.05) is 33.8 Å². The van der Waals surface area contributed by atoms with Crippen LogP contribution in [0.1, 0.15) is 39.2 Å². The summed E-state index contributed by atoms with van der Waals surface area (Å²) in [6.07, 6.45) is 2.13. The van der Waals surface area contributed by atoms with Crippen LogP contribution in [-0.2, 0) is 4.79 Å². The number of carbonyl (C=O) groups is 1. The molecular weight excluding hydrogens is 484 g/mol. The van der Waals surface area contributed by atoms with Crippen LogP contribution < -0.4 is 20.9 Å². The molecule has 1 aromatic carbocycles. The Morgan fingerprint density at radius 2 is 2.10 bits per heavy atom. The molecular formula is C21H35FIN5O. The molecule has 0 spiro atoms. The fourth-order valence-electron chi connectivity index (χ4n) is 3.35. The molecule has 3 N–H and O–H groups in total. The number of hydrogen-bond donors (Lipinski definition) is 3. The largest absolute Gasteiger partial charge is 0.369 e. The molecule has 0 aromatic heterocycles. The van der Waals surface area contributed by atoms with E-state index in [0.717, 1.165) is 49.7 Å². The first-order valence-corrected chi connectivity index (χ1v) is 10.2. The number of anilines is 1. The molecule has 0 radical (unpaired) electrons. The summed E-state index contributed by atoms with van der Waals surface area (Å²) in [4.78, 5) is 18.5. The third-order valence-corrected chi connectivity index (χ3v) is 4.81. The van der Waals surface area contributed by atoms with Crippen LogP contribution in [0.15, 0.2) is 23.2 Å². The number of amides is 1. The number of benzene rings is 1. The summed E-state index contributed by atoms with van der Waals surface area (Å²) >= 11 is 0. The van der Waals surface area contributed by atoms with Crippen molar-refractivity contribution in [2.75, 3.05) is 37.6 Å². The lowest BCUT2D eigenvalue weighted by Gasteiger charge is -2.36. The number of nitrogens with one attached hydrogen (secondary N) is 3. The summed E-state index contributed by atoms with van der Waals surface area (Å²) < 4.78 is 13.4. The molecule has 0 aliphatic carbocycles. The van der Waals surface area contributed by atoms with Crippen LogP contribution in [0.2, 0.25) is 0 Å². The average molecular weight is 519 g/mol. The van der Waals surface area contributed by atoms with Crippen molar-refractivity contribution in [3.63, 3.8) is 0 Å². The van der Waals surface area contributed by atoms with Gasteiger partial charge in [-0.3, -0.25) is 9.79 Å². The van der Waals surface area contributed by atoms with E-state index in [9.17, 15) is 9.18 Å². The van der Waals surface area contributed by atoms with Crippen LogP contribution >= 0.6 is 24.0 Å². The number of aryl methyl sites for hydroxylation is 1. The van der Waals surface area contributed by atoms with Crippen LogP contribution in [0.3, 0.4) is 0 Å². The Balaban J connectivity index is 0.00000420. The fourth-order valence-corrected chi connectivity index (χ4v) is 3.35. The van der Waals surface area contributed by atoms with Gasteiger partial charge in [-0.1, -0.05) is 13.8 Å². The first kappa shape index (κ1) is 25.5.